The molecule has 18 heavy (non-hydrogen) atoms. The Kier molecular flexibility index (Phi) is 6.27. The molecule has 0 aromatic rings. The Balaban J connectivity index is 4.56. The highest BCUT2D eigenvalue weighted by Crippen LogP contribution is 1.98. The number of rotatable bonds is 8. The van der Waals surface area contributed by atoms with E-state index >= 15 is 0 Å². The van der Waals surface area contributed by atoms with Gasteiger partial charge in [-0.15, -0.1) is 0 Å². The lowest BCUT2D eigenvalue weighted by Crippen LogP contribution is -2.44. The summed E-state index contributed by atoms with van der Waals surface area (Å²) < 4.78 is 28.8. The molecule has 0 unspecified atom stereocenters. The number of sulfonamides is 1. The molecule has 0 aliphatic heterocycles. The molecule has 1 amide bonds. The van der Waals surface area contributed by atoms with E-state index in [1.165, 1.54) is 0 Å². The van der Waals surface area contributed by atoms with Crippen molar-refractivity contribution >= 4 is 27.9 Å². The number of hydrogen-bond donors (Lipinski definition) is 3. The minimum atomic E-state index is -4.02. The van der Waals surface area contributed by atoms with Crippen molar-refractivity contribution in [3.63, 3.8) is 0 Å². The summed E-state index contributed by atoms with van der Waals surface area (Å²) in [6.45, 7) is 0. The average molecular weight is 282 g/mol. The van der Waals surface area contributed by atoms with Gasteiger partial charge in [0, 0.05) is 0 Å². The van der Waals surface area contributed by atoms with Crippen molar-refractivity contribution in [2.45, 2.75) is 18.9 Å². The molecule has 0 aliphatic carbocycles. The van der Waals surface area contributed by atoms with Crippen LogP contribution in [0.4, 0.5) is 0 Å². The van der Waals surface area contributed by atoms with Crippen molar-refractivity contribution in [2.75, 3.05) is 12.9 Å². The zero-order valence-corrected chi connectivity index (χ0v) is 10.4. The second-order valence-corrected chi connectivity index (χ2v) is 5.20. The fourth-order valence-corrected chi connectivity index (χ4v) is 2.15. The van der Waals surface area contributed by atoms with Crippen LogP contribution in [0.3, 0.4) is 0 Å². The van der Waals surface area contributed by atoms with Crippen molar-refractivity contribution < 1.29 is 32.6 Å². The van der Waals surface area contributed by atoms with Crippen LogP contribution in [0.5, 0.6) is 0 Å². The molecule has 1 atom stereocenters. The first-order valence-corrected chi connectivity index (χ1v) is 6.41. The Morgan fingerprint density at radius 1 is 1.39 bits per heavy atom. The van der Waals surface area contributed by atoms with Gasteiger partial charge in [0.1, 0.15) is 6.04 Å². The van der Waals surface area contributed by atoms with E-state index < -0.39 is 52.5 Å². The van der Waals surface area contributed by atoms with Crippen LogP contribution >= 0.6 is 0 Å². The lowest BCUT2D eigenvalue weighted by molar-refractivity contribution is -0.140. The van der Waals surface area contributed by atoms with Crippen LogP contribution in [0.15, 0.2) is 0 Å². The van der Waals surface area contributed by atoms with Gasteiger partial charge >= 0.3 is 11.9 Å². The molecular formula is C8H14N2O7S. The van der Waals surface area contributed by atoms with Crippen LogP contribution in [0, 0.1) is 0 Å². The van der Waals surface area contributed by atoms with Crippen molar-refractivity contribution in [1.29, 1.82) is 0 Å². The highest BCUT2D eigenvalue weighted by atomic mass is 32.2. The predicted octanol–water partition coefficient (Wildman–Crippen LogP) is -2.20. The third-order valence-corrected chi connectivity index (χ3v) is 3.21. The van der Waals surface area contributed by atoms with Gasteiger partial charge in [0.2, 0.25) is 15.9 Å². The Hall–Kier alpha value is -1.68. The van der Waals surface area contributed by atoms with E-state index in [4.69, 9.17) is 10.8 Å². The normalized spacial score (nSPS) is 12.7. The molecule has 104 valence electrons. The minimum absolute atomic E-state index is 0.422. The lowest BCUT2D eigenvalue weighted by Gasteiger charge is -2.12. The number of aliphatic carboxylic acids is 1. The third-order valence-electron chi connectivity index (χ3n) is 1.83. The number of carboxylic acid groups (broad SMARTS) is 1. The van der Waals surface area contributed by atoms with Gasteiger partial charge in [0.15, 0.2) is 0 Å². The summed E-state index contributed by atoms with van der Waals surface area (Å²) in [7, 11) is -2.92. The number of methoxy groups -OCH3 is 1. The molecule has 0 fully saturated rings. The van der Waals surface area contributed by atoms with Gasteiger partial charge in [-0.3, -0.25) is 14.4 Å². The molecule has 0 saturated heterocycles. The van der Waals surface area contributed by atoms with Crippen LogP contribution in [0.2, 0.25) is 0 Å². The van der Waals surface area contributed by atoms with Gasteiger partial charge in [-0.2, -0.15) is 0 Å². The Labute approximate surface area is 103 Å². The summed E-state index contributed by atoms with van der Waals surface area (Å²) in [5.41, 5.74) is 4.78. The highest BCUT2D eigenvalue weighted by Gasteiger charge is 2.26. The van der Waals surface area contributed by atoms with E-state index in [1.807, 2.05) is 0 Å². The molecule has 0 radical (unpaired) electrons. The van der Waals surface area contributed by atoms with Crippen molar-refractivity contribution in [3.8, 4) is 0 Å². The van der Waals surface area contributed by atoms with Crippen molar-refractivity contribution in [1.82, 2.24) is 4.72 Å². The topological polar surface area (TPSA) is 153 Å². The maximum atomic E-state index is 11.4. The number of ether oxygens (including phenoxy) is 1. The van der Waals surface area contributed by atoms with E-state index in [0.717, 1.165) is 7.11 Å². The number of nitrogens with two attached hydrogens (primary N) is 1. The minimum Gasteiger partial charge on any atom is -0.480 e. The second-order valence-electron chi connectivity index (χ2n) is 3.32. The van der Waals surface area contributed by atoms with Gasteiger partial charge in [-0.05, 0) is 0 Å². The number of carbonyl (C=O) groups excluding carboxylic acids is 2. The van der Waals surface area contributed by atoms with Crippen LogP contribution in [0.25, 0.3) is 0 Å². The number of carbonyl (C=O) groups is 3. The Morgan fingerprint density at radius 2 is 1.94 bits per heavy atom. The van der Waals surface area contributed by atoms with Crippen LogP contribution in [-0.2, 0) is 29.1 Å². The van der Waals surface area contributed by atoms with E-state index in [1.54, 1.807) is 4.72 Å². The summed E-state index contributed by atoms with van der Waals surface area (Å²) in [6, 6.07) is -1.65. The maximum Gasteiger partial charge on any atom is 0.322 e. The molecule has 0 bridgehead atoms. The molecule has 9 nitrogen and oxygen atoms in total. The lowest BCUT2D eigenvalue weighted by atomic mass is 10.2. The summed E-state index contributed by atoms with van der Waals surface area (Å²) in [4.78, 5) is 32.0. The van der Waals surface area contributed by atoms with E-state index in [-0.39, 0.29) is 0 Å². The molecular weight excluding hydrogens is 268 g/mol. The van der Waals surface area contributed by atoms with Gasteiger partial charge in [0.25, 0.3) is 0 Å². The standard InChI is InChI=1S/C8H14N2O7S/c1-17-7(12)2-3-18(15,16)10-5(8(13)14)4-6(9)11/h5,10H,2-4H2,1H3,(H2,9,11)(H,13,14)/t5-/m0/s1. The molecule has 0 aromatic carbocycles. The first-order chi connectivity index (χ1) is 8.18. The summed E-state index contributed by atoms with van der Waals surface area (Å²) in [6.07, 6.45) is -1.10. The second kappa shape index (κ2) is 6.91. The van der Waals surface area contributed by atoms with E-state index in [9.17, 15) is 22.8 Å². The smallest absolute Gasteiger partial charge is 0.322 e. The quantitative estimate of drug-likeness (QED) is 0.427. The molecule has 0 aromatic heterocycles. The largest absolute Gasteiger partial charge is 0.480 e. The SMILES string of the molecule is COC(=O)CCS(=O)(=O)N[C@@H](CC(N)=O)C(=O)O. The fraction of sp³-hybridized carbons (Fsp3) is 0.625. The van der Waals surface area contributed by atoms with Gasteiger partial charge in [-0.25, -0.2) is 13.1 Å². The molecule has 0 rings (SSSR count). The first kappa shape index (κ1) is 16.3. The number of hydrogen-bond acceptors (Lipinski definition) is 6. The molecule has 0 heterocycles. The van der Waals surface area contributed by atoms with E-state index in [0.29, 0.717) is 0 Å². The van der Waals surface area contributed by atoms with Gasteiger partial charge < -0.3 is 15.6 Å². The number of esters is 1. The number of amides is 1. The number of nitrogens with one attached hydrogen (secondary N) is 1. The highest BCUT2D eigenvalue weighted by molar-refractivity contribution is 7.89. The fourth-order valence-electron chi connectivity index (χ4n) is 0.976. The van der Waals surface area contributed by atoms with Gasteiger partial charge in [-0.1, -0.05) is 0 Å². The summed E-state index contributed by atoms with van der Waals surface area (Å²) in [5.74, 6) is -3.88. The summed E-state index contributed by atoms with van der Waals surface area (Å²) >= 11 is 0. The van der Waals surface area contributed by atoms with Crippen LogP contribution in [-0.4, -0.2) is 50.3 Å². The molecule has 4 N–H and O–H groups in total. The third kappa shape index (κ3) is 6.81. The zero-order valence-electron chi connectivity index (χ0n) is 9.58. The first-order valence-electron chi connectivity index (χ1n) is 4.76. The molecule has 0 spiro atoms. The van der Waals surface area contributed by atoms with Crippen molar-refractivity contribution in [2.24, 2.45) is 5.73 Å². The monoisotopic (exact) mass is 282 g/mol. The van der Waals surface area contributed by atoms with Crippen LogP contribution < -0.4 is 10.5 Å². The zero-order chi connectivity index (χ0) is 14.3. The summed E-state index contributed by atoms with van der Waals surface area (Å²) in [5, 5.41) is 8.68. The molecule has 0 saturated carbocycles. The predicted molar refractivity (Wildman–Crippen MR) is 58.8 cm³/mol. The maximum absolute atomic E-state index is 11.4. The van der Waals surface area contributed by atoms with E-state index in [2.05, 4.69) is 4.74 Å². The molecule has 10 heteroatoms. The van der Waals surface area contributed by atoms with Gasteiger partial charge in [0.05, 0.1) is 25.7 Å². The molecule has 0 aliphatic rings. The Morgan fingerprint density at radius 3 is 2.33 bits per heavy atom. The van der Waals surface area contributed by atoms with Crippen LogP contribution in [0.1, 0.15) is 12.8 Å². The Bertz CT molecular complexity index is 431. The number of carboxylic acids is 1. The van der Waals surface area contributed by atoms with Crippen molar-refractivity contribution in [3.05, 3.63) is 0 Å². The average Bonchev–Trinajstić information content (AvgIpc) is 2.24. The number of primary amides is 1.